The maximum atomic E-state index is 4.50. The lowest BCUT2D eigenvalue weighted by atomic mass is 10.2. The summed E-state index contributed by atoms with van der Waals surface area (Å²) in [6.07, 6.45) is 4.40. The van der Waals surface area contributed by atoms with Gasteiger partial charge in [0.2, 0.25) is 0 Å². The lowest BCUT2D eigenvalue weighted by Gasteiger charge is -1.99. The van der Waals surface area contributed by atoms with Crippen LogP contribution in [0.25, 0.3) is 22.4 Å². The molecule has 3 heteroatoms. The minimum absolute atomic E-state index is 0.751. The third kappa shape index (κ3) is 1.38. The van der Waals surface area contributed by atoms with E-state index in [1.165, 1.54) is 0 Å². The average molecular weight is 194 g/mol. The summed E-state index contributed by atoms with van der Waals surface area (Å²) in [5.41, 5.74) is 1.82. The number of para-hydroxylation sites is 1. The Hall–Kier alpha value is -2.16. The van der Waals surface area contributed by atoms with Crippen molar-refractivity contribution >= 4 is 10.9 Å². The second-order valence-corrected chi connectivity index (χ2v) is 3.27. The minimum Gasteiger partial charge on any atom is -0.343 e. The molecule has 1 aromatic carbocycles. The molecule has 2 heterocycles. The molecule has 71 valence electrons. The molecule has 0 aliphatic carbocycles. The Bertz CT molecular complexity index is 585. The van der Waals surface area contributed by atoms with Crippen molar-refractivity contribution in [3.63, 3.8) is 0 Å². The molecule has 2 aromatic heterocycles. The molecular weight excluding hydrogens is 186 g/mol. The summed E-state index contributed by atoms with van der Waals surface area (Å²) in [4.78, 5) is 11.5. The highest BCUT2D eigenvalue weighted by atomic mass is 14.9. The smallest absolute Gasteiger partial charge is 0.156 e. The van der Waals surface area contributed by atoms with Crippen LogP contribution >= 0.6 is 0 Å². The molecule has 1 N–H and O–H groups in total. The van der Waals surface area contributed by atoms with Gasteiger partial charge in [0, 0.05) is 11.6 Å². The van der Waals surface area contributed by atoms with Crippen LogP contribution in [0.4, 0.5) is 0 Å². The van der Waals surface area contributed by atoms with Gasteiger partial charge < -0.3 is 4.98 Å². The van der Waals surface area contributed by atoms with Crippen molar-refractivity contribution in [1.29, 1.82) is 0 Å². The summed E-state index contributed by atoms with van der Waals surface area (Å²) in [6.45, 7) is 0. The van der Waals surface area contributed by atoms with Crippen LogP contribution in [0, 0.1) is 6.20 Å². The zero-order chi connectivity index (χ0) is 10.1. The first-order valence-corrected chi connectivity index (χ1v) is 4.71. The van der Waals surface area contributed by atoms with Crippen LogP contribution in [0.1, 0.15) is 0 Å². The van der Waals surface area contributed by atoms with Crippen LogP contribution in [0.2, 0.25) is 0 Å². The van der Waals surface area contributed by atoms with E-state index in [0.717, 1.165) is 22.4 Å². The van der Waals surface area contributed by atoms with Gasteiger partial charge in [-0.25, -0.2) is 9.97 Å². The fraction of sp³-hybridized carbons (Fsp3) is 0. The zero-order valence-corrected chi connectivity index (χ0v) is 7.94. The van der Waals surface area contributed by atoms with Crippen molar-refractivity contribution in [2.45, 2.75) is 0 Å². The Kier molecular flexibility index (Phi) is 1.75. The van der Waals surface area contributed by atoms with E-state index < -0.39 is 0 Å². The third-order valence-electron chi connectivity index (χ3n) is 2.29. The number of aromatic amines is 1. The predicted octanol–water partition coefficient (Wildman–Crippen LogP) is 2.43. The van der Waals surface area contributed by atoms with Gasteiger partial charge in [-0.1, -0.05) is 24.3 Å². The monoisotopic (exact) mass is 194 g/mol. The molecule has 15 heavy (non-hydrogen) atoms. The fourth-order valence-corrected chi connectivity index (χ4v) is 1.56. The molecule has 0 aliphatic rings. The van der Waals surface area contributed by atoms with E-state index in [1.54, 1.807) is 6.20 Å². The Balaban J connectivity index is 2.22. The normalized spacial score (nSPS) is 10.7. The van der Waals surface area contributed by atoms with Crippen LogP contribution in [0.3, 0.4) is 0 Å². The number of aromatic nitrogens is 3. The van der Waals surface area contributed by atoms with Gasteiger partial charge >= 0.3 is 0 Å². The van der Waals surface area contributed by atoms with Gasteiger partial charge in [0.1, 0.15) is 11.9 Å². The van der Waals surface area contributed by atoms with Crippen molar-refractivity contribution in [3.05, 3.63) is 48.8 Å². The lowest BCUT2D eigenvalue weighted by Crippen LogP contribution is -1.86. The molecule has 3 nitrogen and oxygen atoms in total. The van der Waals surface area contributed by atoms with Crippen molar-refractivity contribution in [2.75, 3.05) is 0 Å². The fourth-order valence-electron chi connectivity index (χ4n) is 1.56. The van der Waals surface area contributed by atoms with Gasteiger partial charge in [-0.05, 0) is 12.1 Å². The molecule has 0 fully saturated rings. The summed E-state index contributed by atoms with van der Waals surface area (Å²) in [6, 6.07) is 12.0. The SMILES string of the molecule is [c]1c[nH]c(-c2ccc3ccccc3n2)n1. The van der Waals surface area contributed by atoms with Crippen LogP contribution in [-0.4, -0.2) is 15.0 Å². The second-order valence-electron chi connectivity index (χ2n) is 3.27. The number of hydrogen-bond donors (Lipinski definition) is 1. The number of rotatable bonds is 1. The van der Waals surface area contributed by atoms with Crippen molar-refractivity contribution < 1.29 is 0 Å². The first-order valence-electron chi connectivity index (χ1n) is 4.71. The first-order chi connectivity index (χ1) is 7.43. The zero-order valence-electron chi connectivity index (χ0n) is 7.94. The molecule has 3 aromatic rings. The number of hydrogen-bond acceptors (Lipinski definition) is 2. The Morgan fingerprint density at radius 3 is 2.87 bits per heavy atom. The maximum Gasteiger partial charge on any atom is 0.156 e. The number of fused-ring (bicyclic) bond motifs is 1. The summed E-state index contributed by atoms with van der Waals surface area (Å²) in [7, 11) is 0. The number of pyridine rings is 1. The summed E-state index contributed by atoms with van der Waals surface area (Å²) in [5, 5.41) is 1.14. The van der Waals surface area contributed by atoms with E-state index in [0.29, 0.717) is 0 Å². The highest BCUT2D eigenvalue weighted by Crippen LogP contribution is 2.17. The molecule has 0 unspecified atom stereocenters. The van der Waals surface area contributed by atoms with Gasteiger partial charge in [-0.3, -0.25) is 0 Å². The van der Waals surface area contributed by atoms with E-state index in [9.17, 15) is 0 Å². The number of nitrogens with zero attached hydrogens (tertiary/aromatic N) is 2. The van der Waals surface area contributed by atoms with Crippen LogP contribution < -0.4 is 0 Å². The van der Waals surface area contributed by atoms with E-state index in [2.05, 4.69) is 21.1 Å². The number of nitrogens with one attached hydrogen (secondary N) is 1. The number of H-pyrrole nitrogens is 1. The molecule has 0 bridgehead atoms. The second kappa shape index (κ2) is 3.20. The van der Waals surface area contributed by atoms with E-state index in [1.807, 2.05) is 36.4 Å². The molecule has 0 amide bonds. The minimum atomic E-state index is 0.751. The Morgan fingerprint density at radius 2 is 2.00 bits per heavy atom. The Morgan fingerprint density at radius 1 is 1.07 bits per heavy atom. The highest BCUT2D eigenvalue weighted by Gasteiger charge is 2.02. The number of imidazole rings is 1. The highest BCUT2D eigenvalue weighted by molar-refractivity contribution is 5.80. The van der Waals surface area contributed by atoms with Gasteiger partial charge in [0.25, 0.3) is 0 Å². The predicted molar refractivity (Wildman–Crippen MR) is 58.2 cm³/mol. The number of benzene rings is 1. The summed E-state index contributed by atoms with van der Waals surface area (Å²) < 4.78 is 0. The van der Waals surface area contributed by atoms with Gasteiger partial charge in [-0.2, -0.15) is 0 Å². The Labute approximate surface area is 86.8 Å². The molecular formula is C12H8N3. The molecule has 1 radical (unpaired) electrons. The molecule has 0 saturated heterocycles. The lowest BCUT2D eigenvalue weighted by molar-refractivity contribution is 1.25. The van der Waals surface area contributed by atoms with Gasteiger partial charge in [-0.15, -0.1) is 0 Å². The summed E-state index contributed by atoms with van der Waals surface area (Å²) >= 11 is 0. The van der Waals surface area contributed by atoms with Crippen molar-refractivity contribution in [3.8, 4) is 11.5 Å². The molecule has 0 spiro atoms. The molecule has 3 rings (SSSR count). The third-order valence-corrected chi connectivity index (χ3v) is 2.29. The van der Waals surface area contributed by atoms with Crippen LogP contribution in [0.5, 0.6) is 0 Å². The van der Waals surface area contributed by atoms with Crippen LogP contribution in [-0.2, 0) is 0 Å². The molecule has 0 atom stereocenters. The average Bonchev–Trinajstić information content (AvgIpc) is 2.82. The quantitative estimate of drug-likeness (QED) is 0.646. The van der Waals surface area contributed by atoms with Crippen LogP contribution in [0.15, 0.2) is 42.6 Å². The standard InChI is InChI=1S/C12H8N3/c1-2-4-10-9(3-1)5-6-11(15-10)12-13-7-8-14-12/h1-7H,(H,13,14). The maximum absolute atomic E-state index is 4.50. The van der Waals surface area contributed by atoms with E-state index >= 15 is 0 Å². The first kappa shape index (κ1) is 8.17. The van der Waals surface area contributed by atoms with Crippen molar-refractivity contribution in [1.82, 2.24) is 15.0 Å². The topological polar surface area (TPSA) is 41.6 Å². The van der Waals surface area contributed by atoms with Gasteiger partial charge in [0.05, 0.1) is 5.52 Å². The summed E-state index contributed by atoms with van der Waals surface area (Å²) in [5.74, 6) is 0.751. The van der Waals surface area contributed by atoms with E-state index in [4.69, 9.17) is 0 Å². The van der Waals surface area contributed by atoms with E-state index in [-0.39, 0.29) is 0 Å². The van der Waals surface area contributed by atoms with Gasteiger partial charge in [0.15, 0.2) is 5.82 Å². The largest absolute Gasteiger partial charge is 0.343 e. The molecule has 0 saturated carbocycles. The molecule has 0 aliphatic heterocycles. The van der Waals surface area contributed by atoms with Crippen molar-refractivity contribution in [2.24, 2.45) is 0 Å².